The highest BCUT2D eigenvalue weighted by molar-refractivity contribution is 5.93. The number of carbonyl (C=O) groups is 3. The molecule has 2 heterocycles. The molecule has 2 aromatic rings. The van der Waals surface area contributed by atoms with Gasteiger partial charge in [-0.05, 0) is 29.7 Å². The predicted molar refractivity (Wildman–Crippen MR) is 105 cm³/mol. The fourth-order valence-corrected chi connectivity index (χ4v) is 3.82. The van der Waals surface area contributed by atoms with E-state index < -0.39 is 35.6 Å². The molecular formula is C22H19F2N3O4. The lowest BCUT2D eigenvalue weighted by atomic mass is 9.99. The molecule has 3 amide bonds. The molecule has 0 aromatic heterocycles. The maximum atomic E-state index is 13.9. The third-order valence-corrected chi connectivity index (χ3v) is 5.36. The van der Waals surface area contributed by atoms with Crippen LogP contribution in [-0.2, 0) is 16.0 Å². The molecular weight excluding hydrogens is 408 g/mol. The van der Waals surface area contributed by atoms with Crippen LogP contribution < -0.4 is 0 Å². The number of hydrogen-bond donors (Lipinski definition) is 1. The Hall–Kier alpha value is -3.75. The van der Waals surface area contributed by atoms with E-state index in [9.17, 15) is 28.3 Å². The van der Waals surface area contributed by atoms with Crippen LogP contribution >= 0.6 is 0 Å². The predicted octanol–water partition coefficient (Wildman–Crippen LogP) is 3.10. The van der Waals surface area contributed by atoms with Gasteiger partial charge in [0.1, 0.15) is 11.9 Å². The second-order valence-corrected chi connectivity index (χ2v) is 7.28. The minimum absolute atomic E-state index is 0.0196. The summed E-state index contributed by atoms with van der Waals surface area (Å²) < 4.78 is 27.4. The first kappa shape index (κ1) is 20.5. The molecule has 2 aliphatic rings. The number of amides is 3. The van der Waals surface area contributed by atoms with Gasteiger partial charge in [0.15, 0.2) is 11.6 Å². The minimum atomic E-state index is -1.29. The van der Waals surface area contributed by atoms with Crippen molar-refractivity contribution in [1.29, 1.82) is 0 Å². The van der Waals surface area contributed by atoms with Gasteiger partial charge in [0, 0.05) is 25.7 Å². The molecule has 31 heavy (non-hydrogen) atoms. The van der Waals surface area contributed by atoms with E-state index in [1.807, 2.05) is 30.3 Å². The summed E-state index contributed by atoms with van der Waals surface area (Å²) >= 11 is 0. The Labute approximate surface area is 176 Å². The largest absolute Gasteiger partial charge is 0.465 e. The molecule has 0 radical (unpaired) electrons. The van der Waals surface area contributed by atoms with Gasteiger partial charge in [0.2, 0.25) is 5.91 Å². The van der Waals surface area contributed by atoms with Gasteiger partial charge in [-0.25, -0.2) is 13.6 Å². The summed E-state index contributed by atoms with van der Waals surface area (Å²) in [6.07, 6.45) is 0.431. The number of carbonyl (C=O) groups excluding carboxylic acids is 2. The average molecular weight is 427 g/mol. The molecule has 9 heteroatoms. The van der Waals surface area contributed by atoms with E-state index in [1.165, 1.54) is 17.2 Å². The summed E-state index contributed by atoms with van der Waals surface area (Å²) in [7, 11) is 0. The maximum Gasteiger partial charge on any atom is 0.413 e. The first-order chi connectivity index (χ1) is 14.9. The third-order valence-electron chi connectivity index (χ3n) is 5.36. The normalized spacial score (nSPS) is 18.7. The molecule has 1 saturated heterocycles. The van der Waals surface area contributed by atoms with Crippen LogP contribution in [0.4, 0.5) is 13.6 Å². The second-order valence-electron chi connectivity index (χ2n) is 7.28. The molecule has 0 bridgehead atoms. The standard InChI is InChI=1S/C22H19F2N3O4/c23-16-7-6-15(12-17(16)24)20-21(29)25(10-8-14-4-2-1-3-5-14)13-18-26(22(30)31)11-9-19(28)27(18)20/h1-7,12-13,20H,8-11H2,(H,30,31)/t20-/m0/s1. The van der Waals surface area contributed by atoms with Gasteiger partial charge in [-0.1, -0.05) is 36.4 Å². The van der Waals surface area contributed by atoms with Crippen molar-refractivity contribution >= 4 is 17.9 Å². The molecule has 0 saturated carbocycles. The molecule has 1 atom stereocenters. The Morgan fingerprint density at radius 1 is 1.06 bits per heavy atom. The van der Waals surface area contributed by atoms with Crippen molar-refractivity contribution in [3.05, 3.63) is 83.3 Å². The van der Waals surface area contributed by atoms with E-state index in [-0.39, 0.29) is 30.9 Å². The zero-order chi connectivity index (χ0) is 22.1. The fourth-order valence-electron chi connectivity index (χ4n) is 3.82. The van der Waals surface area contributed by atoms with Crippen molar-refractivity contribution < 1.29 is 28.3 Å². The highest BCUT2D eigenvalue weighted by atomic mass is 19.2. The Balaban J connectivity index is 1.75. The van der Waals surface area contributed by atoms with Crippen LogP contribution in [-0.4, -0.2) is 50.8 Å². The van der Waals surface area contributed by atoms with E-state index in [0.717, 1.165) is 27.5 Å². The van der Waals surface area contributed by atoms with E-state index in [1.54, 1.807) is 0 Å². The second kappa shape index (κ2) is 8.17. The highest BCUT2D eigenvalue weighted by Gasteiger charge is 2.45. The van der Waals surface area contributed by atoms with Crippen LogP contribution in [0.3, 0.4) is 0 Å². The molecule has 0 unspecified atom stereocenters. The van der Waals surface area contributed by atoms with Crippen molar-refractivity contribution in [2.24, 2.45) is 0 Å². The molecule has 2 aliphatic heterocycles. The highest BCUT2D eigenvalue weighted by Crippen LogP contribution is 2.36. The van der Waals surface area contributed by atoms with Crippen LogP contribution in [0.1, 0.15) is 23.6 Å². The Morgan fingerprint density at radius 2 is 1.81 bits per heavy atom. The van der Waals surface area contributed by atoms with Crippen LogP contribution in [0.15, 0.2) is 60.6 Å². The zero-order valence-corrected chi connectivity index (χ0v) is 16.4. The summed E-state index contributed by atoms with van der Waals surface area (Å²) in [5.74, 6) is -3.20. The number of fused-ring (bicyclic) bond motifs is 1. The number of rotatable bonds is 4. The van der Waals surface area contributed by atoms with Gasteiger partial charge in [-0.3, -0.25) is 19.4 Å². The van der Waals surface area contributed by atoms with Crippen molar-refractivity contribution in [2.45, 2.75) is 18.9 Å². The van der Waals surface area contributed by atoms with Crippen LogP contribution in [0, 0.1) is 11.6 Å². The molecule has 4 rings (SSSR count). The fraction of sp³-hybridized carbons (Fsp3) is 0.227. The summed E-state index contributed by atoms with van der Waals surface area (Å²) in [5.41, 5.74) is 1.04. The van der Waals surface area contributed by atoms with E-state index >= 15 is 0 Å². The van der Waals surface area contributed by atoms with Crippen LogP contribution in [0.25, 0.3) is 0 Å². The third kappa shape index (κ3) is 3.86. The first-order valence-electron chi connectivity index (χ1n) is 9.70. The van der Waals surface area contributed by atoms with Gasteiger partial charge < -0.3 is 10.0 Å². The smallest absolute Gasteiger partial charge is 0.413 e. The monoisotopic (exact) mass is 427 g/mol. The van der Waals surface area contributed by atoms with Gasteiger partial charge in [0.25, 0.3) is 5.91 Å². The Kier molecular flexibility index (Phi) is 5.41. The van der Waals surface area contributed by atoms with Crippen molar-refractivity contribution in [3.63, 3.8) is 0 Å². The number of nitrogens with zero attached hydrogens (tertiary/aromatic N) is 3. The average Bonchev–Trinajstić information content (AvgIpc) is 2.75. The number of carboxylic acid groups (broad SMARTS) is 1. The SMILES string of the molecule is O=C1[C@H](c2ccc(F)c(F)c2)N2C(=O)CCN(C(=O)O)C2=CN1CCc1ccccc1. The lowest BCUT2D eigenvalue weighted by Gasteiger charge is -2.45. The number of benzene rings is 2. The van der Waals surface area contributed by atoms with Gasteiger partial charge in [-0.15, -0.1) is 0 Å². The Bertz CT molecular complexity index is 1070. The summed E-state index contributed by atoms with van der Waals surface area (Å²) in [6.45, 7) is 0.170. The topological polar surface area (TPSA) is 81.2 Å². The van der Waals surface area contributed by atoms with E-state index in [0.29, 0.717) is 6.42 Å². The van der Waals surface area contributed by atoms with Crippen LogP contribution in [0.2, 0.25) is 0 Å². The molecule has 0 aliphatic carbocycles. The van der Waals surface area contributed by atoms with E-state index in [4.69, 9.17) is 0 Å². The van der Waals surface area contributed by atoms with Gasteiger partial charge in [-0.2, -0.15) is 0 Å². The van der Waals surface area contributed by atoms with Crippen molar-refractivity contribution in [1.82, 2.24) is 14.7 Å². The molecule has 7 nitrogen and oxygen atoms in total. The van der Waals surface area contributed by atoms with Crippen LogP contribution in [0.5, 0.6) is 0 Å². The van der Waals surface area contributed by atoms with Crippen molar-refractivity contribution in [2.75, 3.05) is 13.1 Å². The summed E-state index contributed by atoms with van der Waals surface area (Å²) in [6, 6.07) is 11.1. The number of hydrogen-bond acceptors (Lipinski definition) is 3. The molecule has 2 aromatic carbocycles. The molecule has 0 spiro atoms. The lowest BCUT2D eigenvalue weighted by molar-refractivity contribution is -0.148. The first-order valence-corrected chi connectivity index (χ1v) is 9.70. The Morgan fingerprint density at radius 3 is 2.48 bits per heavy atom. The van der Waals surface area contributed by atoms with Gasteiger partial charge >= 0.3 is 6.09 Å². The number of halogens is 2. The van der Waals surface area contributed by atoms with E-state index in [2.05, 4.69) is 0 Å². The van der Waals surface area contributed by atoms with Crippen molar-refractivity contribution in [3.8, 4) is 0 Å². The quantitative estimate of drug-likeness (QED) is 0.813. The summed E-state index contributed by atoms with van der Waals surface area (Å²) in [5, 5.41) is 9.59. The minimum Gasteiger partial charge on any atom is -0.465 e. The van der Waals surface area contributed by atoms with Gasteiger partial charge in [0.05, 0.1) is 0 Å². The molecule has 1 fully saturated rings. The lowest BCUT2D eigenvalue weighted by Crippen LogP contribution is -2.56. The maximum absolute atomic E-state index is 13.9. The molecule has 1 N–H and O–H groups in total. The molecule has 160 valence electrons. The zero-order valence-electron chi connectivity index (χ0n) is 16.4. The summed E-state index contributed by atoms with van der Waals surface area (Å²) in [4.78, 5) is 41.2.